The van der Waals surface area contributed by atoms with Crippen molar-refractivity contribution in [2.45, 2.75) is 6.92 Å². The van der Waals surface area contributed by atoms with Gasteiger partial charge in [-0.2, -0.15) is 0 Å². The first-order valence-electron chi connectivity index (χ1n) is 5.72. The molecule has 0 spiro atoms. The van der Waals surface area contributed by atoms with E-state index in [4.69, 9.17) is 16.7 Å². The van der Waals surface area contributed by atoms with Crippen LogP contribution in [-0.4, -0.2) is 30.1 Å². The summed E-state index contributed by atoms with van der Waals surface area (Å²) in [5, 5.41) is 15.1. The number of anilines is 1. The van der Waals surface area contributed by atoms with Crippen molar-refractivity contribution in [3.8, 4) is 0 Å². The Hall–Kier alpha value is -1.85. The van der Waals surface area contributed by atoms with Crippen LogP contribution in [0.2, 0.25) is 5.02 Å². The lowest BCUT2D eigenvalue weighted by Gasteiger charge is -2.21. The number of carboxylic acid groups (broad SMARTS) is 1. The first-order valence-corrected chi connectivity index (χ1v) is 6.10. The molecule has 1 aromatic carbocycles. The van der Waals surface area contributed by atoms with Crippen LogP contribution in [0.3, 0.4) is 0 Å². The van der Waals surface area contributed by atoms with Gasteiger partial charge in [-0.1, -0.05) is 11.6 Å². The molecule has 1 aliphatic heterocycles. The lowest BCUT2D eigenvalue weighted by atomic mass is 10.0. The predicted octanol–water partition coefficient (Wildman–Crippen LogP) is 1.90. The number of hydrogen-bond acceptors (Lipinski definition) is 3. The maximum atomic E-state index is 12.0. The van der Waals surface area contributed by atoms with Crippen molar-refractivity contribution >= 4 is 29.2 Å². The molecule has 100 valence electrons. The molecule has 0 atom stereocenters. The smallest absolute Gasteiger partial charge is 0.337 e. The molecule has 0 unspecified atom stereocenters. The number of amides is 1. The fraction of sp³-hybridized carbons (Fsp3) is 0.231. The Balaban J connectivity index is 2.25. The topological polar surface area (TPSA) is 78.4 Å². The van der Waals surface area contributed by atoms with E-state index in [1.165, 1.54) is 18.2 Å². The number of benzene rings is 1. The van der Waals surface area contributed by atoms with Crippen molar-refractivity contribution in [3.63, 3.8) is 0 Å². The molecule has 0 radical (unpaired) electrons. The number of hydrogen-bond donors (Lipinski definition) is 3. The largest absolute Gasteiger partial charge is 0.478 e. The van der Waals surface area contributed by atoms with Crippen molar-refractivity contribution in [2.24, 2.45) is 0 Å². The summed E-state index contributed by atoms with van der Waals surface area (Å²) in [6.07, 6.45) is 0. The number of carboxylic acids is 1. The highest BCUT2D eigenvalue weighted by atomic mass is 35.5. The van der Waals surface area contributed by atoms with Gasteiger partial charge in [0.2, 0.25) is 0 Å². The fourth-order valence-electron chi connectivity index (χ4n) is 1.70. The average Bonchev–Trinajstić information content (AvgIpc) is 2.26. The first-order chi connectivity index (χ1) is 8.99. The van der Waals surface area contributed by atoms with E-state index in [1.807, 2.05) is 0 Å². The van der Waals surface area contributed by atoms with Gasteiger partial charge in [-0.3, -0.25) is 4.79 Å². The average molecular weight is 281 g/mol. The lowest BCUT2D eigenvalue weighted by Crippen LogP contribution is -2.36. The van der Waals surface area contributed by atoms with E-state index < -0.39 is 5.97 Å². The van der Waals surface area contributed by atoms with Crippen LogP contribution in [0.15, 0.2) is 29.3 Å². The van der Waals surface area contributed by atoms with Crippen LogP contribution >= 0.6 is 11.6 Å². The summed E-state index contributed by atoms with van der Waals surface area (Å²) in [5.41, 5.74) is 1.85. The molecule has 1 fully saturated rings. The number of halogens is 1. The van der Waals surface area contributed by atoms with Gasteiger partial charge >= 0.3 is 5.97 Å². The van der Waals surface area contributed by atoms with Gasteiger partial charge in [0, 0.05) is 23.7 Å². The predicted molar refractivity (Wildman–Crippen MR) is 72.6 cm³/mol. The molecule has 1 aliphatic rings. The summed E-state index contributed by atoms with van der Waals surface area (Å²) < 4.78 is 0. The number of aromatic carboxylic acids is 1. The van der Waals surface area contributed by atoms with Gasteiger partial charge in [-0.15, -0.1) is 0 Å². The van der Waals surface area contributed by atoms with E-state index in [1.54, 1.807) is 6.92 Å². The monoisotopic (exact) mass is 280 g/mol. The van der Waals surface area contributed by atoms with Crippen LogP contribution < -0.4 is 10.6 Å². The Kier molecular flexibility index (Phi) is 3.87. The van der Waals surface area contributed by atoms with Crippen molar-refractivity contribution in [1.29, 1.82) is 0 Å². The number of carbonyl (C=O) groups excluding carboxylic acids is 1. The van der Waals surface area contributed by atoms with Gasteiger partial charge in [-0.25, -0.2) is 4.79 Å². The third-order valence-electron chi connectivity index (χ3n) is 3.01. The second-order valence-electron chi connectivity index (χ2n) is 4.28. The third-order valence-corrected chi connectivity index (χ3v) is 3.24. The third kappa shape index (κ3) is 2.94. The Bertz CT molecular complexity index is 575. The molecule has 6 heteroatoms. The molecule has 0 bridgehead atoms. The van der Waals surface area contributed by atoms with Crippen LogP contribution in [0.1, 0.15) is 17.3 Å². The Labute approximate surface area is 115 Å². The minimum atomic E-state index is -1.11. The molecular weight excluding hydrogens is 268 g/mol. The van der Waals surface area contributed by atoms with Gasteiger partial charge in [0.1, 0.15) is 0 Å². The van der Waals surface area contributed by atoms with Crippen LogP contribution in [0.5, 0.6) is 0 Å². The van der Waals surface area contributed by atoms with Gasteiger partial charge in [0.25, 0.3) is 5.91 Å². The van der Waals surface area contributed by atoms with Gasteiger partial charge in [-0.05, 0) is 30.7 Å². The van der Waals surface area contributed by atoms with Crippen molar-refractivity contribution < 1.29 is 14.7 Å². The normalized spacial score (nSPS) is 13.7. The zero-order chi connectivity index (χ0) is 14.0. The molecule has 19 heavy (non-hydrogen) atoms. The van der Waals surface area contributed by atoms with Gasteiger partial charge < -0.3 is 15.7 Å². The molecule has 5 nitrogen and oxygen atoms in total. The fourth-order valence-corrected chi connectivity index (χ4v) is 1.87. The first kappa shape index (κ1) is 13.6. The second kappa shape index (κ2) is 5.42. The Morgan fingerprint density at radius 3 is 2.58 bits per heavy atom. The lowest BCUT2D eigenvalue weighted by molar-refractivity contribution is -0.112. The Morgan fingerprint density at radius 1 is 1.37 bits per heavy atom. The van der Waals surface area contributed by atoms with Crippen LogP contribution in [0.4, 0.5) is 5.69 Å². The zero-order valence-corrected chi connectivity index (χ0v) is 11.0. The minimum Gasteiger partial charge on any atom is -0.478 e. The molecule has 1 aromatic rings. The van der Waals surface area contributed by atoms with Gasteiger partial charge in [0.05, 0.1) is 11.3 Å². The van der Waals surface area contributed by atoms with Gasteiger partial charge in [0.15, 0.2) is 0 Å². The van der Waals surface area contributed by atoms with Crippen molar-refractivity contribution in [1.82, 2.24) is 5.32 Å². The maximum absolute atomic E-state index is 12.0. The highest BCUT2D eigenvalue weighted by Gasteiger charge is 2.18. The van der Waals surface area contributed by atoms with Crippen LogP contribution in [-0.2, 0) is 4.79 Å². The summed E-state index contributed by atoms with van der Waals surface area (Å²) in [7, 11) is 0. The summed E-state index contributed by atoms with van der Waals surface area (Å²) in [6.45, 7) is 3.11. The van der Waals surface area contributed by atoms with Crippen LogP contribution in [0.25, 0.3) is 0 Å². The molecule has 0 aromatic heterocycles. The molecule has 0 saturated carbocycles. The number of nitrogens with one attached hydrogen (secondary N) is 2. The zero-order valence-electron chi connectivity index (χ0n) is 10.3. The molecular formula is C13H13ClN2O3. The minimum absolute atomic E-state index is 0.0160. The Morgan fingerprint density at radius 2 is 2.05 bits per heavy atom. The number of carbonyl (C=O) groups is 2. The standard InChI is InChI=1S/C13H13ClN2O3/c1-7(8-5-15-6-8)12(17)16-11-4-9(14)2-3-10(11)13(18)19/h2-4,15H,5-6H2,1H3,(H,16,17)(H,18,19). The highest BCUT2D eigenvalue weighted by molar-refractivity contribution is 6.31. The van der Waals surface area contributed by atoms with Crippen molar-refractivity contribution in [2.75, 3.05) is 18.4 Å². The summed E-state index contributed by atoms with van der Waals surface area (Å²) in [6, 6.07) is 4.27. The highest BCUT2D eigenvalue weighted by Crippen LogP contribution is 2.22. The van der Waals surface area contributed by atoms with Crippen molar-refractivity contribution in [3.05, 3.63) is 39.9 Å². The van der Waals surface area contributed by atoms with E-state index in [0.717, 1.165) is 5.57 Å². The molecule has 0 aliphatic carbocycles. The molecule has 1 saturated heterocycles. The number of rotatable bonds is 3. The molecule has 1 heterocycles. The SMILES string of the molecule is CC(C(=O)Nc1cc(Cl)ccc1C(=O)O)=C1CNC1. The maximum Gasteiger partial charge on any atom is 0.337 e. The summed E-state index contributed by atoms with van der Waals surface area (Å²) in [5.74, 6) is -1.41. The van der Waals surface area contributed by atoms with E-state index in [0.29, 0.717) is 23.7 Å². The molecule has 3 N–H and O–H groups in total. The second-order valence-corrected chi connectivity index (χ2v) is 4.72. The van der Waals surface area contributed by atoms with E-state index in [-0.39, 0.29) is 17.2 Å². The molecule has 2 rings (SSSR count). The quantitative estimate of drug-likeness (QED) is 0.739. The molecule has 1 amide bonds. The van der Waals surface area contributed by atoms with E-state index in [2.05, 4.69) is 10.6 Å². The van der Waals surface area contributed by atoms with E-state index >= 15 is 0 Å². The van der Waals surface area contributed by atoms with E-state index in [9.17, 15) is 9.59 Å². The summed E-state index contributed by atoms with van der Waals surface area (Å²) in [4.78, 5) is 23.1. The van der Waals surface area contributed by atoms with Crippen LogP contribution in [0, 0.1) is 0 Å². The summed E-state index contributed by atoms with van der Waals surface area (Å²) >= 11 is 5.82.